The molecular formula is C21H33N3O4S. The van der Waals surface area contributed by atoms with Gasteiger partial charge in [-0.3, -0.25) is 4.79 Å². The number of nitrogens with one attached hydrogen (secondary N) is 1. The van der Waals surface area contributed by atoms with Crippen molar-refractivity contribution in [3.8, 4) is 0 Å². The molecule has 0 bridgehead atoms. The Morgan fingerprint density at radius 1 is 1.07 bits per heavy atom. The van der Waals surface area contributed by atoms with Gasteiger partial charge >= 0.3 is 0 Å². The lowest BCUT2D eigenvalue weighted by Gasteiger charge is -2.27. The van der Waals surface area contributed by atoms with E-state index in [-0.39, 0.29) is 10.8 Å². The number of carbonyl (C=O) groups excluding carboxylic acids is 1. The van der Waals surface area contributed by atoms with Gasteiger partial charge in [-0.05, 0) is 57.2 Å². The maximum absolute atomic E-state index is 13.1. The summed E-state index contributed by atoms with van der Waals surface area (Å²) in [5, 5.41) is 2.93. The molecule has 3 rings (SSSR count). The first kappa shape index (κ1) is 22.1. The topological polar surface area (TPSA) is 78.9 Å². The first-order chi connectivity index (χ1) is 14.0. The molecule has 0 unspecified atom stereocenters. The summed E-state index contributed by atoms with van der Waals surface area (Å²) >= 11 is 0. The summed E-state index contributed by atoms with van der Waals surface area (Å²) in [6, 6.07) is 5.02. The number of hydrogen-bond acceptors (Lipinski definition) is 5. The number of nitrogens with zero attached hydrogens (tertiary/aromatic N) is 2. The Bertz CT molecular complexity index is 785. The number of rotatable bonds is 9. The standard InChI is InChI=1S/C21H33N3O4S/c1-2-28-16-8-11-22-21(25)19-17-18(9-10-20(19)23-12-6-7-13-23)29(26,27)24-14-4-3-5-15-24/h9-10,17H,2-8,11-16H2,1H3,(H,22,25). The second kappa shape index (κ2) is 10.4. The summed E-state index contributed by atoms with van der Waals surface area (Å²) in [6.07, 6.45) is 5.74. The predicted molar refractivity (Wildman–Crippen MR) is 114 cm³/mol. The molecule has 2 aliphatic rings. The van der Waals surface area contributed by atoms with E-state index >= 15 is 0 Å². The third-order valence-electron chi connectivity index (χ3n) is 5.57. The zero-order valence-corrected chi connectivity index (χ0v) is 18.2. The van der Waals surface area contributed by atoms with Gasteiger partial charge < -0.3 is 15.0 Å². The quantitative estimate of drug-likeness (QED) is 0.618. The third-order valence-corrected chi connectivity index (χ3v) is 7.46. The first-order valence-electron chi connectivity index (χ1n) is 10.8. The Hall–Kier alpha value is -1.64. The van der Waals surface area contributed by atoms with Crippen LogP contribution in [-0.2, 0) is 14.8 Å². The number of benzene rings is 1. The summed E-state index contributed by atoms with van der Waals surface area (Å²) in [6.45, 7) is 6.58. The van der Waals surface area contributed by atoms with Crippen LogP contribution in [0.4, 0.5) is 5.69 Å². The number of anilines is 1. The molecule has 0 aliphatic carbocycles. The van der Waals surface area contributed by atoms with Gasteiger partial charge in [-0.15, -0.1) is 0 Å². The number of ether oxygens (including phenoxy) is 1. The van der Waals surface area contributed by atoms with Crippen molar-refractivity contribution in [2.45, 2.75) is 50.3 Å². The normalized spacial score (nSPS) is 18.2. The SMILES string of the molecule is CCOCCCNC(=O)c1cc(S(=O)(=O)N2CCCCC2)ccc1N1CCCC1. The van der Waals surface area contributed by atoms with Gasteiger partial charge in [0, 0.05) is 51.6 Å². The highest BCUT2D eigenvalue weighted by Crippen LogP contribution is 2.29. The Morgan fingerprint density at radius 2 is 1.76 bits per heavy atom. The summed E-state index contributed by atoms with van der Waals surface area (Å²) in [7, 11) is -3.58. The molecule has 0 spiro atoms. The molecule has 2 saturated heterocycles. The van der Waals surface area contributed by atoms with Gasteiger partial charge in [0.2, 0.25) is 10.0 Å². The zero-order chi connectivity index (χ0) is 20.7. The van der Waals surface area contributed by atoms with Crippen molar-refractivity contribution in [3.05, 3.63) is 23.8 Å². The van der Waals surface area contributed by atoms with Crippen LogP contribution in [0.25, 0.3) is 0 Å². The van der Waals surface area contributed by atoms with Crippen molar-refractivity contribution in [1.82, 2.24) is 9.62 Å². The van der Waals surface area contributed by atoms with E-state index in [4.69, 9.17) is 4.74 Å². The Morgan fingerprint density at radius 3 is 2.45 bits per heavy atom. The highest BCUT2D eigenvalue weighted by molar-refractivity contribution is 7.89. The van der Waals surface area contributed by atoms with Crippen LogP contribution in [0.5, 0.6) is 0 Å². The fraction of sp³-hybridized carbons (Fsp3) is 0.667. The van der Waals surface area contributed by atoms with E-state index in [1.54, 1.807) is 22.5 Å². The van der Waals surface area contributed by atoms with Gasteiger partial charge in [0.15, 0.2) is 0 Å². The Kier molecular flexibility index (Phi) is 7.91. The number of amides is 1. The maximum atomic E-state index is 13.1. The molecule has 0 atom stereocenters. The van der Waals surface area contributed by atoms with Gasteiger partial charge in [-0.2, -0.15) is 4.31 Å². The third kappa shape index (κ3) is 5.49. The minimum Gasteiger partial charge on any atom is -0.382 e. The number of hydrogen-bond donors (Lipinski definition) is 1. The lowest BCUT2D eigenvalue weighted by atomic mass is 10.1. The average Bonchev–Trinajstić information content (AvgIpc) is 3.28. The lowest BCUT2D eigenvalue weighted by Crippen LogP contribution is -2.36. The van der Waals surface area contributed by atoms with Gasteiger partial charge in [0.25, 0.3) is 5.91 Å². The molecule has 2 heterocycles. The fourth-order valence-corrected chi connectivity index (χ4v) is 5.51. The van der Waals surface area contributed by atoms with E-state index in [1.807, 2.05) is 6.92 Å². The van der Waals surface area contributed by atoms with Crippen LogP contribution in [0.1, 0.15) is 55.8 Å². The maximum Gasteiger partial charge on any atom is 0.253 e. The molecule has 29 heavy (non-hydrogen) atoms. The summed E-state index contributed by atoms with van der Waals surface area (Å²) < 4.78 is 33.0. The minimum atomic E-state index is -3.58. The number of carbonyl (C=O) groups is 1. The van der Waals surface area contributed by atoms with Crippen molar-refractivity contribution in [3.63, 3.8) is 0 Å². The van der Waals surface area contributed by atoms with Gasteiger partial charge in [0.05, 0.1) is 10.5 Å². The highest BCUT2D eigenvalue weighted by Gasteiger charge is 2.28. The fourth-order valence-electron chi connectivity index (χ4n) is 3.96. The molecule has 0 saturated carbocycles. The molecule has 1 aromatic rings. The van der Waals surface area contributed by atoms with Crippen molar-refractivity contribution in [2.24, 2.45) is 0 Å². The molecule has 8 heteroatoms. The number of piperidine rings is 1. The van der Waals surface area contributed by atoms with Crippen LogP contribution in [0.3, 0.4) is 0 Å². The monoisotopic (exact) mass is 423 g/mol. The summed E-state index contributed by atoms with van der Waals surface area (Å²) in [4.78, 5) is 15.3. The van der Waals surface area contributed by atoms with E-state index in [0.717, 1.165) is 57.3 Å². The van der Waals surface area contributed by atoms with Gasteiger partial charge in [-0.25, -0.2) is 8.42 Å². The van der Waals surface area contributed by atoms with Crippen LogP contribution in [0, 0.1) is 0 Å². The summed E-state index contributed by atoms with van der Waals surface area (Å²) in [5.41, 5.74) is 1.27. The van der Waals surface area contributed by atoms with E-state index in [2.05, 4.69) is 10.2 Å². The van der Waals surface area contributed by atoms with E-state index in [1.165, 1.54) is 0 Å². The minimum absolute atomic E-state index is 0.210. The largest absolute Gasteiger partial charge is 0.382 e. The molecule has 1 N–H and O–H groups in total. The highest BCUT2D eigenvalue weighted by atomic mass is 32.2. The smallest absolute Gasteiger partial charge is 0.253 e. The Balaban J connectivity index is 1.82. The predicted octanol–water partition coefficient (Wildman–Crippen LogP) is 2.62. The molecule has 0 aromatic heterocycles. The van der Waals surface area contributed by atoms with Crippen molar-refractivity contribution < 1.29 is 17.9 Å². The lowest BCUT2D eigenvalue weighted by molar-refractivity contribution is 0.0944. The zero-order valence-electron chi connectivity index (χ0n) is 17.4. The van der Waals surface area contributed by atoms with Crippen LogP contribution >= 0.6 is 0 Å². The molecule has 7 nitrogen and oxygen atoms in total. The van der Waals surface area contributed by atoms with Crippen LogP contribution in [0.2, 0.25) is 0 Å². The van der Waals surface area contributed by atoms with Crippen molar-refractivity contribution in [2.75, 3.05) is 50.8 Å². The second-order valence-corrected chi connectivity index (χ2v) is 9.58. The molecule has 162 valence electrons. The van der Waals surface area contributed by atoms with E-state index in [0.29, 0.717) is 38.4 Å². The molecular weight excluding hydrogens is 390 g/mol. The second-order valence-electron chi connectivity index (χ2n) is 7.64. The van der Waals surface area contributed by atoms with Gasteiger partial charge in [-0.1, -0.05) is 6.42 Å². The van der Waals surface area contributed by atoms with Crippen molar-refractivity contribution >= 4 is 21.6 Å². The molecule has 0 radical (unpaired) electrons. The van der Waals surface area contributed by atoms with Crippen LogP contribution in [0.15, 0.2) is 23.1 Å². The van der Waals surface area contributed by atoms with Crippen LogP contribution < -0.4 is 10.2 Å². The number of sulfonamides is 1. The summed E-state index contributed by atoms with van der Waals surface area (Å²) in [5.74, 6) is -0.223. The first-order valence-corrected chi connectivity index (χ1v) is 12.2. The van der Waals surface area contributed by atoms with Gasteiger partial charge in [0.1, 0.15) is 0 Å². The van der Waals surface area contributed by atoms with Crippen LogP contribution in [-0.4, -0.2) is 64.6 Å². The van der Waals surface area contributed by atoms with Crippen molar-refractivity contribution in [1.29, 1.82) is 0 Å². The Labute approximate surface area is 174 Å². The molecule has 2 fully saturated rings. The molecule has 1 aromatic carbocycles. The average molecular weight is 424 g/mol. The van der Waals surface area contributed by atoms with E-state index < -0.39 is 10.0 Å². The van der Waals surface area contributed by atoms with E-state index in [9.17, 15) is 13.2 Å². The molecule has 2 aliphatic heterocycles. The molecule has 1 amide bonds.